The minimum Gasteiger partial charge on any atom is -0.870 e. The first-order valence-corrected chi connectivity index (χ1v) is 8.13. The maximum atomic E-state index is 10.9. The van der Waals surface area contributed by atoms with Crippen LogP contribution in [-0.4, -0.2) is 55.3 Å². The Morgan fingerprint density at radius 2 is 1.48 bits per heavy atom. The Morgan fingerprint density at radius 1 is 1.09 bits per heavy atom. The van der Waals surface area contributed by atoms with Crippen LogP contribution in [0.15, 0.2) is 7.83 Å². The van der Waals surface area contributed by atoms with Gasteiger partial charge in [0, 0.05) is 0 Å². The van der Waals surface area contributed by atoms with Crippen molar-refractivity contribution < 1.29 is 54.5 Å². The second kappa shape index (κ2) is 11.7. The molecule has 0 unspecified atom stereocenters. The van der Waals surface area contributed by atoms with Crippen LogP contribution in [0.5, 0.6) is 0 Å². The van der Waals surface area contributed by atoms with E-state index in [9.17, 15) is 9.59 Å². The van der Waals surface area contributed by atoms with Crippen LogP contribution >= 0.6 is 54.5 Å². The number of carbonyl (C=O) groups is 2. The van der Waals surface area contributed by atoms with Crippen LogP contribution in [-0.2, 0) is 4.74 Å². The van der Waals surface area contributed by atoms with Crippen LogP contribution in [0.25, 0.3) is 0 Å². The molecule has 23 heavy (non-hydrogen) atoms. The summed E-state index contributed by atoms with van der Waals surface area (Å²) in [5, 5.41) is 8.42. The maximum absolute atomic E-state index is 10.9. The molecule has 2 heterocycles. The molecule has 114 valence electrons. The van der Waals surface area contributed by atoms with Gasteiger partial charge in [-0.3, -0.25) is 0 Å². The molecule has 2 aromatic heterocycles. The number of aromatic carboxylic acids is 1. The Bertz CT molecular complexity index is 685. The number of methoxy groups -OCH3 is 1. The first-order chi connectivity index (χ1) is 9.76. The Kier molecular flexibility index (Phi) is 13.0. The van der Waals surface area contributed by atoms with Gasteiger partial charge in [-0.15, -0.1) is 22.7 Å². The van der Waals surface area contributed by atoms with Gasteiger partial charge in [-0.25, -0.2) is 19.6 Å². The molecule has 0 atom stereocenters. The van der Waals surface area contributed by atoms with E-state index in [0.717, 1.165) is 11.3 Å². The normalized spacial score (nSPS) is 8.83. The summed E-state index contributed by atoms with van der Waals surface area (Å²) < 4.78 is 6.09. The third kappa shape index (κ3) is 7.78. The first-order valence-electron chi connectivity index (χ1n) is 4.91. The number of hydrogen-bond acceptors (Lipinski definition) is 8. The third-order valence-corrected chi connectivity index (χ3v) is 4.51. The molecule has 0 aliphatic carbocycles. The van der Waals surface area contributed by atoms with Gasteiger partial charge >= 0.3 is 41.5 Å². The van der Waals surface area contributed by atoms with E-state index in [-0.39, 0.29) is 51.2 Å². The first kappa shape index (κ1) is 25.5. The minimum atomic E-state index is -1.10. The van der Waals surface area contributed by atoms with E-state index in [4.69, 9.17) is 20.8 Å². The van der Waals surface area contributed by atoms with E-state index in [1.165, 1.54) is 18.4 Å². The zero-order chi connectivity index (χ0) is 16.2. The largest absolute Gasteiger partial charge is 1.00 e. The van der Waals surface area contributed by atoms with Crippen molar-refractivity contribution in [2.24, 2.45) is 0 Å². The van der Waals surface area contributed by atoms with E-state index in [1.54, 1.807) is 0 Å². The van der Waals surface area contributed by atoms with E-state index >= 15 is 0 Å². The van der Waals surface area contributed by atoms with Crippen molar-refractivity contribution in [3.63, 3.8) is 0 Å². The fraction of sp³-hybridized carbons (Fsp3) is 0.111. The summed E-state index contributed by atoms with van der Waals surface area (Å²) >= 11 is 8.41. The molecule has 2 rings (SSSR count). The third-order valence-electron chi connectivity index (χ3n) is 1.84. The van der Waals surface area contributed by atoms with Crippen molar-refractivity contribution >= 4 is 91.7 Å². The van der Waals surface area contributed by atoms with E-state index < -0.39 is 11.9 Å². The quantitative estimate of drug-likeness (QED) is 0.373. The Labute approximate surface area is 180 Å². The SMILES string of the molecule is [B]c1sc(Br)nc1C(=O)O.[B]c1sc(Br)nc1C(=O)OC.[Na+].[OH-]. The number of aromatic nitrogens is 2. The molecule has 0 aromatic carbocycles. The van der Waals surface area contributed by atoms with Crippen LogP contribution in [0.1, 0.15) is 21.0 Å². The van der Waals surface area contributed by atoms with Gasteiger partial charge in [0.15, 0.2) is 19.2 Å². The number of halogens is 2. The Hall–Kier alpha value is 0.250. The van der Waals surface area contributed by atoms with E-state index in [1.807, 2.05) is 0 Å². The van der Waals surface area contributed by atoms with Crippen LogP contribution in [0.4, 0.5) is 0 Å². The molecule has 0 saturated heterocycles. The average Bonchev–Trinajstić information content (AvgIpc) is 2.91. The summed E-state index contributed by atoms with van der Waals surface area (Å²) in [5.41, 5.74) is 0.0845. The van der Waals surface area contributed by atoms with Gasteiger partial charge in [0.05, 0.1) is 7.11 Å². The van der Waals surface area contributed by atoms with Crippen LogP contribution in [0, 0.1) is 0 Å². The molecule has 0 amide bonds. The van der Waals surface area contributed by atoms with Gasteiger partial charge in [-0.1, -0.05) is 0 Å². The number of ether oxygens (including phenoxy) is 1. The molecular weight excluding hydrogens is 485 g/mol. The van der Waals surface area contributed by atoms with Gasteiger partial charge in [-0.2, -0.15) is 0 Å². The van der Waals surface area contributed by atoms with Gasteiger partial charge in [0.25, 0.3) is 0 Å². The molecule has 7 nitrogen and oxygen atoms in total. The molecule has 2 aromatic rings. The molecule has 0 saturated carbocycles. The second-order valence-electron chi connectivity index (χ2n) is 3.16. The summed E-state index contributed by atoms with van der Waals surface area (Å²) in [6.07, 6.45) is 0. The average molecular weight is 490 g/mol. The molecule has 4 radical (unpaired) electrons. The predicted octanol–water partition coefficient (Wildman–Crippen LogP) is -2.29. The van der Waals surface area contributed by atoms with Crippen molar-refractivity contribution in [2.75, 3.05) is 7.11 Å². The summed E-state index contributed by atoms with van der Waals surface area (Å²) in [7, 11) is 12.0. The van der Waals surface area contributed by atoms with Crippen molar-refractivity contribution in [3.05, 3.63) is 19.2 Å². The fourth-order valence-corrected chi connectivity index (χ4v) is 3.50. The van der Waals surface area contributed by atoms with Crippen molar-refractivity contribution in [1.29, 1.82) is 0 Å². The van der Waals surface area contributed by atoms with Crippen LogP contribution in [0.3, 0.4) is 0 Å². The summed E-state index contributed by atoms with van der Waals surface area (Å²) in [5.74, 6) is -1.61. The van der Waals surface area contributed by atoms with Crippen LogP contribution in [0.2, 0.25) is 0 Å². The second-order valence-corrected chi connectivity index (χ2v) is 7.77. The van der Waals surface area contributed by atoms with E-state index in [0.29, 0.717) is 12.6 Å². The monoisotopic (exact) mass is 488 g/mol. The molecule has 2 N–H and O–H groups in total. The van der Waals surface area contributed by atoms with E-state index in [2.05, 4.69) is 46.6 Å². The number of rotatable bonds is 2. The topological polar surface area (TPSA) is 119 Å². The predicted molar refractivity (Wildman–Crippen MR) is 90.6 cm³/mol. The van der Waals surface area contributed by atoms with Crippen molar-refractivity contribution in [1.82, 2.24) is 9.97 Å². The zero-order valence-corrected chi connectivity index (χ0v) is 18.5. The van der Waals surface area contributed by atoms with Gasteiger partial charge in [-0.05, 0) is 41.4 Å². The fourth-order valence-electron chi connectivity index (χ4n) is 1.01. The number of carbonyl (C=O) groups excluding carboxylic acids is 1. The number of hydrogen-bond donors (Lipinski definition) is 1. The Morgan fingerprint density at radius 3 is 1.70 bits per heavy atom. The zero-order valence-electron chi connectivity index (χ0n) is 11.7. The smallest absolute Gasteiger partial charge is 0.870 e. The van der Waals surface area contributed by atoms with Crippen molar-refractivity contribution in [2.45, 2.75) is 0 Å². The number of carboxylic acid groups (broad SMARTS) is 1. The van der Waals surface area contributed by atoms with Crippen molar-refractivity contribution in [3.8, 4) is 0 Å². The number of esters is 1. The number of thiazole rings is 2. The summed E-state index contributed by atoms with van der Waals surface area (Å²) in [6.45, 7) is 0. The number of nitrogens with zero attached hydrogens (tertiary/aromatic N) is 2. The summed E-state index contributed by atoms with van der Waals surface area (Å²) in [6, 6.07) is 0. The molecule has 0 aliphatic heterocycles. The molecule has 0 aliphatic rings. The maximum Gasteiger partial charge on any atom is 1.00 e. The van der Waals surface area contributed by atoms with Gasteiger partial charge in [0.1, 0.15) is 15.7 Å². The molecule has 0 spiro atoms. The minimum absolute atomic E-state index is 0. The molecule has 0 bridgehead atoms. The number of carboxylic acids is 1. The molecule has 0 fully saturated rings. The summed E-state index contributed by atoms with van der Waals surface area (Å²) in [4.78, 5) is 28.6. The standard InChI is InChI=1S/C5H3BBrNO2S.C4HBBrNO2S.Na.H2O/c1-10-4(9)2-3(6)11-5(7)8-2;5-2-1(3(8)9)7-4(6)10-2;;/h1H3;(H,8,9);;1H2/q;;+1;/p-1. The Balaban J connectivity index is 0. The van der Waals surface area contributed by atoms with Crippen LogP contribution < -0.4 is 39.1 Å². The van der Waals surface area contributed by atoms with Gasteiger partial charge < -0.3 is 15.3 Å². The van der Waals surface area contributed by atoms with Gasteiger partial charge in [0.2, 0.25) is 0 Å². The molecular formula is C9H5B2Br2N2NaO5S2. The molecule has 14 heteroatoms.